The van der Waals surface area contributed by atoms with Crippen molar-refractivity contribution in [2.24, 2.45) is 0 Å². The Balaban J connectivity index is 1.57. The Kier molecular flexibility index (Phi) is 5.97. The van der Waals surface area contributed by atoms with Gasteiger partial charge in [0.1, 0.15) is 5.75 Å². The number of hydrogen-bond acceptors (Lipinski definition) is 4. The van der Waals surface area contributed by atoms with Crippen molar-refractivity contribution in [3.8, 4) is 62.0 Å². The first-order chi connectivity index (χ1) is 18.3. The topological polar surface area (TPSA) is 58.9 Å². The zero-order valence-electron chi connectivity index (χ0n) is 20.0. The van der Waals surface area contributed by atoms with Crippen molar-refractivity contribution in [3.63, 3.8) is 0 Å². The Morgan fingerprint density at radius 2 is 1.05 bits per heavy atom. The first kappa shape index (κ1) is 22.4. The van der Waals surface area contributed by atoms with Crippen LogP contribution in [0, 0.1) is 0 Å². The molecular formula is C33H23N3O. The molecule has 4 aromatic carbocycles. The van der Waals surface area contributed by atoms with Crippen LogP contribution >= 0.6 is 0 Å². The van der Waals surface area contributed by atoms with Gasteiger partial charge >= 0.3 is 0 Å². The lowest BCUT2D eigenvalue weighted by molar-refractivity contribution is 0.477. The van der Waals surface area contributed by atoms with Gasteiger partial charge < -0.3 is 5.11 Å². The Hall–Kier alpha value is -5.09. The van der Waals surface area contributed by atoms with E-state index in [1.807, 2.05) is 91.0 Å². The summed E-state index contributed by atoms with van der Waals surface area (Å²) in [6, 6.07) is 41.6. The fraction of sp³-hybridized carbons (Fsp3) is 0. The maximum Gasteiger partial charge on any atom is 0.160 e. The summed E-state index contributed by atoms with van der Waals surface area (Å²) in [5, 5.41) is 10.6. The molecule has 0 radical (unpaired) electrons. The molecule has 0 saturated carbocycles. The summed E-state index contributed by atoms with van der Waals surface area (Å²) in [5.74, 6) is 0.849. The highest BCUT2D eigenvalue weighted by molar-refractivity contribution is 5.87. The summed E-state index contributed by atoms with van der Waals surface area (Å²) in [4.78, 5) is 14.6. The van der Waals surface area contributed by atoms with Crippen molar-refractivity contribution in [3.05, 3.63) is 134 Å². The number of aromatic nitrogens is 3. The van der Waals surface area contributed by atoms with Crippen LogP contribution in [0.2, 0.25) is 0 Å². The van der Waals surface area contributed by atoms with Gasteiger partial charge in [0.25, 0.3) is 0 Å². The van der Waals surface area contributed by atoms with Crippen molar-refractivity contribution < 1.29 is 5.11 Å². The lowest BCUT2D eigenvalue weighted by Crippen LogP contribution is -1.97. The Morgan fingerprint density at radius 1 is 0.432 bits per heavy atom. The number of aromatic hydroxyl groups is 1. The third-order valence-corrected chi connectivity index (χ3v) is 6.28. The number of para-hydroxylation sites is 1. The number of phenols is 1. The van der Waals surface area contributed by atoms with E-state index in [9.17, 15) is 5.11 Å². The number of phenolic OH excluding ortho intramolecular Hbond substituents is 1. The van der Waals surface area contributed by atoms with Crippen molar-refractivity contribution in [2.75, 3.05) is 0 Å². The molecule has 0 aliphatic heterocycles. The fourth-order valence-corrected chi connectivity index (χ4v) is 4.44. The zero-order valence-corrected chi connectivity index (χ0v) is 20.0. The lowest BCUT2D eigenvalue weighted by atomic mass is 9.94. The summed E-state index contributed by atoms with van der Waals surface area (Å²) in [7, 11) is 0. The molecule has 4 heteroatoms. The van der Waals surface area contributed by atoms with E-state index in [0.29, 0.717) is 5.82 Å². The summed E-state index contributed by atoms with van der Waals surface area (Å²) in [6.07, 6.45) is 1.77. The molecule has 0 aliphatic carbocycles. The largest absolute Gasteiger partial charge is 0.507 e. The molecule has 0 unspecified atom stereocenters. The van der Waals surface area contributed by atoms with Crippen LogP contribution in [0.25, 0.3) is 56.3 Å². The van der Waals surface area contributed by atoms with E-state index in [1.165, 1.54) is 0 Å². The lowest BCUT2D eigenvalue weighted by Gasteiger charge is -2.14. The molecule has 0 spiro atoms. The smallest absolute Gasteiger partial charge is 0.160 e. The minimum atomic E-state index is 0.223. The Bertz CT molecular complexity index is 1610. The normalized spacial score (nSPS) is 10.8. The highest BCUT2D eigenvalue weighted by Gasteiger charge is 2.16. The van der Waals surface area contributed by atoms with E-state index in [1.54, 1.807) is 12.3 Å². The molecular weight excluding hydrogens is 454 g/mol. The number of hydrogen-bond donors (Lipinski definition) is 1. The molecule has 0 atom stereocenters. The molecule has 0 amide bonds. The van der Waals surface area contributed by atoms with Crippen LogP contribution in [0.5, 0.6) is 5.75 Å². The van der Waals surface area contributed by atoms with Gasteiger partial charge in [0.05, 0.1) is 17.1 Å². The van der Waals surface area contributed by atoms with Gasteiger partial charge in [0.2, 0.25) is 0 Å². The second-order valence-electron chi connectivity index (χ2n) is 8.69. The molecule has 37 heavy (non-hydrogen) atoms. The maximum absolute atomic E-state index is 10.6. The van der Waals surface area contributed by atoms with Crippen molar-refractivity contribution in [1.82, 2.24) is 15.0 Å². The van der Waals surface area contributed by atoms with E-state index >= 15 is 0 Å². The van der Waals surface area contributed by atoms with E-state index in [-0.39, 0.29) is 5.75 Å². The molecule has 0 aliphatic rings. The van der Waals surface area contributed by atoms with Crippen molar-refractivity contribution >= 4 is 0 Å². The highest BCUT2D eigenvalue weighted by Crippen LogP contribution is 2.38. The molecule has 0 bridgehead atoms. The predicted molar refractivity (Wildman–Crippen MR) is 149 cm³/mol. The molecule has 2 heterocycles. The first-order valence-electron chi connectivity index (χ1n) is 12.1. The molecule has 4 nitrogen and oxygen atoms in total. The number of nitrogens with zero attached hydrogens (tertiary/aromatic N) is 3. The van der Waals surface area contributed by atoms with Gasteiger partial charge in [0, 0.05) is 34.0 Å². The van der Waals surface area contributed by atoms with E-state index in [4.69, 9.17) is 9.97 Å². The van der Waals surface area contributed by atoms with E-state index in [0.717, 1.165) is 50.5 Å². The second kappa shape index (κ2) is 9.88. The monoisotopic (exact) mass is 477 g/mol. The molecule has 2 aromatic heterocycles. The van der Waals surface area contributed by atoms with Gasteiger partial charge in [-0.15, -0.1) is 0 Å². The van der Waals surface area contributed by atoms with E-state index in [2.05, 4.69) is 35.3 Å². The molecule has 0 saturated heterocycles. The minimum absolute atomic E-state index is 0.223. The molecule has 1 N–H and O–H groups in total. The van der Waals surface area contributed by atoms with Gasteiger partial charge in [-0.3, -0.25) is 4.98 Å². The maximum atomic E-state index is 10.6. The second-order valence-corrected chi connectivity index (χ2v) is 8.69. The van der Waals surface area contributed by atoms with Gasteiger partial charge in [-0.05, 0) is 35.9 Å². The van der Waals surface area contributed by atoms with Crippen LogP contribution in [0.1, 0.15) is 0 Å². The van der Waals surface area contributed by atoms with Crippen LogP contribution in [0.3, 0.4) is 0 Å². The Labute approximate surface area is 215 Å². The number of benzene rings is 4. The standard InChI is InChI=1S/C33H23N3O/c37-32-17-8-7-15-27(32)26-19-18-25(21-28(26)29-16-9-10-20-34-29)33-35-30(23-11-3-1-4-12-23)22-31(36-33)24-13-5-2-6-14-24/h1-22,37H. The predicted octanol–water partition coefficient (Wildman–Crippen LogP) is 7.91. The summed E-state index contributed by atoms with van der Waals surface area (Å²) < 4.78 is 0. The third kappa shape index (κ3) is 4.60. The average Bonchev–Trinajstić information content (AvgIpc) is 2.98. The van der Waals surface area contributed by atoms with Crippen molar-refractivity contribution in [1.29, 1.82) is 0 Å². The fourth-order valence-electron chi connectivity index (χ4n) is 4.44. The first-order valence-corrected chi connectivity index (χ1v) is 12.1. The molecule has 176 valence electrons. The van der Waals surface area contributed by atoms with Gasteiger partial charge in [-0.2, -0.15) is 0 Å². The summed E-state index contributed by atoms with van der Waals surface area (Å²) in [6.45, 7) is 0. The van der Waals surface area contributed by atoms with Crippen LogP contribution in [-0.2, 0) is 0 Å². The number of pyridine rings is 1. The Morgan fingerprint density at radius 3 is 1.68 bits per heavy atom. The molecule has 0 fully saturated rings. The highest BCUT2D eigenvalue weighted by atomic mass is 16.3. The molecule has 6 rings (SSSR count). The summed E-state index contributed by atoms with van der Waals surface area (Å²) >= 11 is 0. The third-order valence-electron chi connectivity index (χ3n) is 6.28. The molecule has 6 aromatic rings. The van der Waals surface area contributed by atoms with Crippen LogP contribution in [0.15, 0.2) is 134 Å². The van der Waals surface area contributed by atoms with Gasteiger partial charge in [-0.1, -0.05) is 97.1 Å². The average molecular weight is 478 g/mol. The zero-order chi connectivity index (χ0) is 25.0. The SMILES string of the molecule is Oc1ccccc1-c1ccc(-c2nc(-c3ccccc3)cc(-c3ccccc3)n2)cc1-c1ccccn1. The van der Waals surface area contributed by atoms with Crippen LogP contribution < -0.4 is 0 Å². The van der Waals surface area contributed by atoms with Crippen LogP contribution in [0.4, 0.5) is 0 Å². The van der Waals surface area contributed by atoms with Crippen LogP contribution in [-0.4, -0.2) is 20.1 Å². The minimum Gasteiger partial charge on any atom is -0.507 e. The summed E-state index contributed by atoms with van der Waals surface area (Å²) in [5.41, 5.74) is 7.98. The number of rotatable bonds is 5. The van der Waals surface area contributed by atoms with Gasteiger partial charge in [-0.25, -0.2) is 9.97 Å². The van der Waals surface area contributed by atoms with E-state index < -0.39 is 0 Å². The quantitative estimate of drug-likeness (QED) is 0.274. The van der Waals surface area contributed by atoms with Gasteiger partial charge in [0.15, 0.2) is 5.82 Å². The van der Waals surface area contributed by atoms with Crippen molar-refractivity contribution in [2.45, 2.75) is 0 Å².